The Morgan fingerprint density at radius 2 is 1.95 bits per heavy atom. The van der Waals surface area contributed by atoms with E-state index in [0.29, 0.717) is 10.9 Å². The van der Waals surface area contributed by atoms with Gasteiger partial charge in [0.2, 0.25) is 0 Å². The topological polar surface area (TPSA) is 42.1 Å². The van der Waals surface area contributed by atoms with Crippen molar-refractivity contribution in [3.8, 4) is 0 Å². The summed E-state index contributed by atoms with van der Waals surface area (Å²) in [5.74, 6) is -1.76. The predicted molar refractivity (Wildman–Crippen MR) is 70.4 cm³/mol. The molecule has 1 heterocycles. The second-order valence-corrected chi connectivity index (χ2v) is 4.94. The first-order valence-corrected chi connectivity index (χ1v) is 6.45. The van der Waals surface area contributed by atoms with Crippen molar-refractivity contribution < 1.29 is 27.1 Å². The van der Waals surface area contributed by atoms with Crippen LogP contribution in [0.25, 0.3) is 10.9 Å². The molecule has 0 amide bonds. The molecular formula is C13H9F4NO2S. The molecule has 1 aromatic carbocycles. The number of nitrogens with one attached hydrogen (secondary N) is 1. The Labute approximate surface area is 121 Å². The number of methoxy groups -OCH3 is 1. The Bertz CT molecular complexity index is 706. The third-order valence-corrected chi connectivity index (χ3v) is 3.56. The van der Waals surface area contributed by atoms with Crippen LogP contribution in [-0.4, -0.2) is 24.2 Å². The monoisotopic (exact) mass is 319 g/mol. The number of esters is 1. The van der Waals surface area contributed by atoms with E-state index in [1.165, 1.54) is 6.20 Å². The number of para-hydroxylation sites is 1. The van der Waals surface area contributed by atoms with Crippen molar-refractivity contribution in [2.24, 2.45) is 0 Å². The van der Waals surface area contributed by atoms with Crippen molar-refractivity contribution in [3.63, 3.8) is 0 Å². The summed E-state index contributed by atoms with van der Waals surface area (Å²) in [7, 11) is 0.762. The minimum Gasteiger partial charge on any atom is -0.465 e. The molecule has 0 aliphatic heterocycles. The van der Waals surface area contributed by atoms with E-state index in [2.05, 4.69) is 9.72 Å². The zero-order valence-corrected chi connectivity index (χ0v) is 11.4. The van der Waals surface area contributed by atoms with Crippen molar-refractivity contribution in [3.05, 3.63) is 41.2 Å². The summed E-state index contributed by atoms with van der Waals surface area (Å²) in [5, 5.41) is -1.09. The molecule has 0 fully saturated rings. The zero-order valence-electron chi connectivity index (χ0n) is 10.6. The number of hydrogen-bond acceptors (Lipinski definition) is 3. The van der Waals surface area contributed by atoms with Crippen molar-refractivity contribution in [2.75, 3.05) is 7.11 Å². The van der Waals surface area contributed by atoms with Gasteiger partial charge in [0.05, 0.1) is 7.11 Å². The summed E-state index contributed by atoms with van der Waals surface area (Å²) in [6, 6.07) is 6.74. The number of hydrogen-bond donors (Lipinski definition) is 1. The summed E-state index contributed by atoms with van der Waals surface area (Å²) in [6.07, 6.45) is -3.75. The van der Waals surface area contributed by atoms with E-state index in [4.69, 9.17) is 0 Å². The van der Waals surface area contributed by atoms with Crippen LogP contribution in [0.3, 0.4) is 0 Å². The van der Waals surface area contributed by atoms with E-state index < -0.39 is 22.9 Å². The largest absolute Gasteiger partial charge is 0.465 e. The number of aromatic amines is 1. The molecule has 8 heteroatoms. The molecule has 0 saturated heterocycles. The Morgan fingerprint density at radius 3 is 2.57 bits per heavy atom. The fourth-order valence-corrected chi connectivity index (χ4v) is 2.59. The van der Waals surface area contributed by atoms with Crippen LogP contribution in [0.4, 0.5) is 17.6 Å². The Morgan fingerprint density at radius 1 is 1.29 bits per heavy atom. The molecule has 0 atom stereocenters. The Hall–Kier alpha value is -1.96. The van der Waals surface area contributed by atoms with Gasteiger partial charge in [0.15, 0.2) is 10.7 Å². The maximum absolute atomic E-state index is 13.9. The number of H-pyrrole nitrogens is 1. The average Bonchev–Trinajstić information content (AvgIpc) is 2.80. The van der Waals surface area contributed by atoms with Gasteiger partial charge in [-0.15, -0.1) is 0 Å². The van der Waals surface area contributed by atoms with Crippen molar-refractivity contribution in [1.29, 1.82) is 0 Å². The first kappa shape index (κ1) is 15.4. The lowest BCUT2D eigenvalue weighted by Crippen LogP contribution is -2.22. The fourth-order valence-electron chi connectivity index (χ4n) is 1.69. The van der Waals surface area contributed by atoms with E-state index in [1.807, 2.05) is 0 Å². The number of carbonyl (C=O) groups is 1. The lowest BCUT2D eigenvalue weighted by molar-refractivity contribution is -0.148. The van der Waals surface area contributed by atoms with Crippen LogP contribution in [0.2, 0.25) is 0 Å². The summed E-state index contributed by atoms with van der Waals surface area (Å²) in [5.41, 5.74) is -1.29. The van der Waals surface area contributed by atoms with Gasteiger partial charge in [-0.05, 0) is 6.07 Å². The van der Waals surface area contributed by atoms with Crippen LogP contribution in [0.5, 0.6) is 0 Å². The first-order chi connectivity index (χ1) is 9.84. The molecule has 0 spiro atoms. The van der Waals surface area contributed by atoms with Crippen LogP contribution in [0, 0.1) is 0 Å². The Balaban J connectivity index is 2.44. The number of alkyl halides is 3. The van der Waals surface area contributed by atoms with E-state index in [0.717, 1.165) is 7.11 Å². The van der Waals surface area contributed by atoms with Crippen molar-refractivity contribution in [1.82, 2.24) is 4.98 Å². The van der Waals surface area contributed by atoms with Crippen LogP contribution in [0.15, 0.2) is 46.1 Å². The first-order valence-electron chi connectivity index (χ1n) is 5.64. The molecule has 0 saturated carbocycles. The third kappa shape index (κ3) is 3.21. The summed E-state index contributed by atoms with van der Waals surface area (Å²) in [4.78, 5) is 14.2. The number of thioether (sulfide) groups is 1. The maximum atomic E-state index is 13.9. The maximum Gasteiger partial charge on any atom is 0.426 e. The van der Waals surface area contributed by atoms with E-state index in [1.54, 1.807) is 24.3 Å². The minimum atomic E-state index is -5.13. The quantitative estimate of drug-likeness (QED) is 0.399. The number of carbonyl (C=O) groups excluding carboxylic acids is 1. The third-order valence-electron chi connectivity index (χ3n) is 2.62. The molecule has 2 aromatic rings. The molecule has 0 aliphatic carbocycles. The lowest BCUT2D eigenvalue weighted by atomic mass is 10.2. The van der Waals surface area contributed by atoms with Crippen molar-refractivity contribution in [2.45, 2.75) is 11.1 Å². The number of halogens is 4. The summed E-state index contributed by atoms with van der Waals surface area (Å²) < 4.78 is 56.1. The number of aromatic nitrogens is 1. The molecule has 0 aliphatic rings. The highest BCUT2D eigenvalue weighted by Gasteiger charge is 2.43. The Kier molecular flexibility index (Phi) is 4.26. The van der Waals surface area contributed by atoms with Crippen LogP contribution < -0.4 is 0 Å². The van der Waals surface area contributed by atoms with Gasteiger partial charge in [-0.25, -0.2) is 4.79 Å². The highest BCUT2D eigenvalue weighted by atomic mass is 32.2. The lowest BCUT2D eigenvalue weighted by Gasteiger charge is -2.10. The van der Waals surface area contributed by atoms with Gasteiger partial charge in [-0.3, -0.25) is 0 Å². The van der Waals surface area contributed by atoms with Crippen LogP contribution in [0.1, 0.15) is 0 Å². The molecule has 0 unspecified atom stereocenters. The second-order valence-electron chi connectivity index (χ2n) is 3.94. The molecule has 1 aromatic heterocycles. The van der Waals surface area contributed by atoms with Gasteiger partial charge < -0.3 is 9.72 Å². The molecule has 2 rings (SSSR count). The normalized spacial score (nSPS) is 13.2. The van der Waals surface area contributed by atoms with Gasteiger partial charge >= 0.3 is 12.1 Å². The van der Waals surface area contributed by atoms with Crippen molar-refractivity contribution >= 4 is 28.6 Å². The molecule has 0 bridgehead atoms. The van der Waals surface area contributed by atoms with Gasteiger partial charge in [0.25, 0.3) is 0 Å². The second kappa shape index (κ2) is 5.80. The minimum absolute atomic E-state index is 0.219. The number of fused-ring (bicyclic) bond motifs is 1. The number of benzene rings is 1. The molecule has 112 valence electrons. The molecule has 21 heavy (non-hydrogen) atoms. The highest BCUT2D eigenvalue weighted by Crippen LogP contribution is 2.40. The fraction of sp³-hybridized carbons (Fsp3) is 0.154. The molecular weight excluding hydrogens is 310 g/mol. The average molecular weight is 319 g/mol. The smallest absolute Gasteiger partial charge is 0.426 e. The SMILES string of the molecule is COC(=O)/C(=C(\F)Sc1c[nH]c2ccccc12)C(F)(F)F. The summed E-state index contributed by atoms with van der Waals surface area (Å²) in [6.45, 7) is 0. The predicted octanol–water partition coefficient (Wildman–Crippen LogP) is 4.18. The van der Waals surface area contributed by atoms with Gasteiger partial charge in [0.1, 0.15) is 0 Å². The molecule has 3 nitrogen and oxygen atoms in total. The van der Waals surface area contributed by atoms with E-state index >= 15 is 0 Å². The van der Waals surface area contributed by atoms with Gasteiger partial charge in [-0.1, -0.05) is 30.0 Å². The van der Waals surface area contributed by atoms with E-state index in [-0.39, 0.29) is 16.7 Å². The summed E-state index contributed by atoms with van der Waals surface area (Å²) >= 11 is 0.219. The highest BCUT2D eigenvalue weighted by molar-refractivity contribution is 8.03. The molecule has 0 radical (unpaired) electrons. The zero-order chi connectivity index (χ0) is 15.6. The van der Waals surface area contributed by atoms with Crippen LogP contribution in [-0.2, 0) is 9.53 Å². The molecule has 1 N–H and O–H groups in total. The number of rotatable bonds is 3. The standard InChI is InChI=1S/C13H9F4NO2S/c1-20-12(19)10(13(15,16)17)11(14)21-9-6-18-8-5-3-2-4-7(8)9/h2-6,18H,1H3/b11-10-. The van der Waals surface area contributed by atoms with E-state index in [9.17, 15) is 22.4 Å². The number of ether oxygens (including phenoxy) is 1. The van der Waals surface area contributed by atoms with Crippen LogP contribution >= 0.6 is 11.8 Å². The van der Waals surface area contributed by atoms with Gasteiger partial charge in [0, 0.05) is 22.0 Å². The van der Waals surface area contributed by atoms with Gasteiger partial charge in [-0.2, -0.15) is 17.6 Å².